The SMILES string of the molecule is Cn1ncc(OCC(F)(F)F)c(CSC2=CC(C)(C)ON2)c1=O. The van der Waals surface area contributed by atoms with Crippen LogP contribution in [0.4, 0.5) is 13.2 Å². The summed E-state index contributed by atoms with van der Waals surface area (Å²) in [5.74, 6) is -0.0441. The second-order valence-corrected chi connectivity index (χ2v) is 6.44. The molecule has 0 aromatic carbocycles. The number of hydrogen-bond donors (Lipinski definition) is 1. The Labute approximate surface area is 134 Å². The lowest BCUT2D eigenvalue weighted by Gasteiger charge is -2.13. The van der Waals surface area contributed by atoms with E-state index in [1.54, 1.807) is 0 Å². The Bertz CT molecular complexity index is 671. The Morgan fingerprint density at radius 3 is 2.74 bits per heavy atom. The van der Waals surface area contributed by atoms with E-state index < -0.39 is 23.9 Å². The first-order chi connectivity index (χ1) is 10.6. The highest BCUT2D eigenvalue weighted by atomic mass is 32.2. The maximum absolute atomic E-state index is 12.3. The van der Waals surface area contributed by atoms with Crippen LogP contribution < -0.4 is 15.8 Å². The number of hydrogen-bond acceptors (Lipinski definition) is 6. The van der Waals surface area contributed by atoms with Crippen LogP contribution >= 0.6 is 11.8 Å². The fourth-order valence-electron chi connectivity index (χ4n) is 1.76. The highest BCUT2D eigenvalue weighted by Gasteiger charge is 2.29. The van der Waals surface area contributed by atoms with E-state index in [1.165, 1.54) is 18.8 Å². The summed E-state index contributed by atoms with van der Waals surface area (Å²) in [5, 5.41) is 4.37. The number of aromatic nitrogens is 2. The molecule has 128 valence electrons. The second kappa shape index (κ2) is 6.44. The molecule has 2 heterocycles. The zero-order valence-electron chi connectivity index (χ0n) is 12.7. The third-order valence-electron chi connectivity index (χ3n) is 2.85. The molecule has 2 rings (SSSR count). The van der Waals surface area contributed by atoms with Crippen molar-refractivity contribution in [2.24, 2.45) is 7.05 Å². The fourth-order valence-corrected chi connectivity index (χ4v) is 2.80. The lowest BCUT2D eigenvalue weighted by atomic mass is 10.1. The Balaban J connectivity index is 2.16. The normalized spacial score (nSPS) is 16.9. The van der Waals surface area contributed by atoms with Crippen molar-refractivity contribution >= 4 is 11.8 Å². The summed E-state index contributed by atoms with van der Waals surface area (Å²) in [7, 11) is 1.42. The number of thioether (sulfide) groups is 1. The molecule has 1 aromatic rings. The van der Waals surface area contributed by atoms with E-state index in [2.05, 4.69) is 10.6 Å². The molecule has 1 aromatic heterocycles. The van der Waals surface area contributed by atoms with Gasteiger partial charge in [0.1, 0.15) is 11.4 Å². The minimum atomic E-state index is -4.49. The van der Waals surface area contributed by atoms with Gasteiger partial charge in [-0.3, -0.25) is 15.1 Å². The van der Waals surface area contributed by atoms with Crippen LogP contribution in [0, 0.1) is 0 Å². The van der Waals surface area contributed by atoms with E-state index in [4.69, 9.17) is 9.57 Å². The molecule has 0 saturated heterocycles. The molecule has 0 amide bonds. The standard InChI is InChI=1S/C13H16F3N3O3S/c1-12(2)4-10(18-22-12)23-6-8-9(21-7-13(14,15)16)5-17-19(3)11(8)20/h4-5,18H,6-7H2,1-3H3. The van der Waals surface area contributed by atoms with Crippen LogP contribution in [0.25, 0.3) is 0 Å². The number of aryl methyl sites for hydroxylation is 1. The molecule has 0 atom stereocenters. The van der Waals surface area contributed by atoms with E-state index in [-0.39, 0.29) is 17.1 Å². The van der Waals surface area contributed by atoms with Crippen LogP contribution in [0.15, 0.2) is 22.1 Å². The predicted molar refractivity (Wildman–Crippen MR) is 78.7 cm³/mol. The van der Waals surface area contributed by atoms with E-state index in [0.717, 1.165) is 10.9 Å². The van der Waals surface area contributed by atoms with Gasteiger partial charge in [0.15, 0.2) is 6.61 Å². The van der Waals surface area contributed by atoms with Gasteiger partial charge in [0.25, 0.3) is 5.56 Å². The van der Waals surface area contributed by atoms with Crippen molar-refractivity contribution in [3.05, 3.63) is 33.2 Å². The largest absolute Gasteiger partial charge is 0.482 e. The smallest absolute Gasteiger partial charge is 0.422 e. The number of alkyl halides is 3. The van der Waals surface area contributed by atoms with Gasteiger partial charge in [-0.05, 0) is 19.9 Å². The number of nitrogens with zero attached hydrogens (tertiary/aromatic N) is 2. The summed E-state index contributed by atoms with van der Waals surface area (Å²) in [4.78, 5) is 17.4. The van der Waals surface area contributed by atoms with Crippen molar-refractivity contribution < 1.29 is 22.7 Å². The van der Waals surface area contributed by atoms with Gasteiger partial charge in [-0.1, -0.05) is 0 Å². The van der Waals surface area contributed by atoms with Gasteiger partial charge in [-0.15, -0.1) is 11.8 Å². The van der Waals surface area contributed by atoms with Crippen LogP contribution in [0.3, 0.4) is 0 Å². The van der Waals surface area contributed by atoms with Gasteiger partial charge in [-0.2, -0.15) is 18.3 Å². The van der Waals surface area contributed by atoms with E-state index in [9.17, 15) is 18.0 Å². The van der Waals surface area contributed by atoms with Crippen LogP contribution in [-0.4, -0.2) is 28.2 Å². The maximum Gasteiger partial charge on any atom is 0.422 e. The lowest BCUT2D eigenvalue weighted by Crippen LogP contribution is -2.26. The summed E-state index contributed by atoms with van der Waals surface area (Å²) in [6, 6.07) is 0. The van der Waals surface area contributed by atoms with E-state index >= 15 is 0 Å². The van der Waals surface area contributed by atoms with Gasteiger partial charge in [0.05, 0.1) is 16.8 Å². The van der Waals surface area contributed by atoms with Crippen LogP contribution in [-0.2, 0) is 17.6 Å². The Morgan fingerprint density at radius 2 is 2.17 bits per heavy atom. The summed E-state index contributed by atoms with van der Waals surface area (Å²) in [6.45, 7) is 2.21. The third kappa shape index (κ3) is 4.90. The molecular formula is C13H16F3N3O3S. The molecule has 1 N–H and O–H groups in total. The van der Waals surface area contributed by atoms with Crippen molar-refractivity contribution in [1.29, 1.82) is 0 Å². The summed E-state index contributed by atoms with van der Waals surface area (Å²) < 4.78 is 42.7. The minimum absolute atomic E-state index is 0.115. The fraction of sp³-hybridized carbons (Fsp3) is 0.538. The molecule has 0 unspecified atom stereocenters. The zero-order chi connectivity index (χ0) is 17.3. The average molecular weight is 351 g/mol. The molecule has 23 heavy (non-hydrogen) atoms. The molecule has 0 bridgehead atoms. The summed E-state index contributed by atoms with van der Waals surface area (Å²) >= 11 is 1.23. The van der Waals surface area contributed by atoms with Gasteiger partial charge in [0.2, 0.25) is 0 Å². The van der Waals surface area contributed by atoms with Gasteiger partial charge < -0.3 is 4.74 Å². The van der Waals surface area contributed by atoms with Crippen molar-refractivity contribution in [2.45, 2.75) is 31.4 Å². The van der Waals surface area contributed by atoms with E-state index in [1.807, 2.05) is 19.9 Å². The number of ether oxygens (including phenoxy) is 1. The maximum atomic E-state index is 12.3. The molecule has 10 heteroatoms. The monoisotopic (exact) mass is 351 g/mol. The Morgan fingerprint density at radius 1 is 1.48 bits per heavy atom. The number of hydroxylamine groups is 1. The van der Waals surface area contributed by atoms with Crippen molar-refractivity contribution in [1.82, 2.24) is 15.3 Å². The quantitative estimate of drug-likeness (QED) is 0.877. The minimum Gasteiger partial charge on any atom is -0.482 e. The highest BCUT2D eigenvalue weighted by molar-refractivity contribution is 8.02. The summed E-state index contributed by atoms with van der Waals surface area (Å²) in [5.41, 5.74) is 1.83. The summed E-state index contributed by atoms with van der Waals surface area (Å²) in [6.07, 6.45) is -1.56. The van der Waals surface area contributed by atoms with Crippen LogP contribution in [0.1, 0.15) is 19.4 Å². The predicted octanol–water partition coefficient (Wildman–Crippen LogP) is 2.11. The molecule has 0 fully saturated rings. The molecule has 0 radical (unpaired) electrons. The molecule has 6 nitrogen and oxygen atoms in total. The van der Waals surface area contributed by atoms with Crippen molar-refractivity contribution in [3.63, 3.8) is 0 Å². The topological polar surface area (TPSA) is 65.4 Å². The van der Waals surface area contributed by atoms with Crippen LogP contribution in [0.5, 0.6) is 5.75 Å². The van der Waals surface area contributed by atoms with Crippen molar-refractivity contribution in [3.8, 4) is 5.75 Å². The first-order valence-corrected chi connectivity index (χ1v) is 7.60. The van der Waals surface area contributed by atoms with Gasteiger partial charge in [0, 0.05) is 12.8 Å². The Kier molecular flexibility index (Phi) is 4.95. The zero-order valence-corrected chi connectivity index (χ0v) is 13.5. The molecule has 0 spiro atoms. The molecule has 1 aliphatic heterocycles. The molecule has 1 aliphatic rings. The number of nitrogens with one attached hydrogen (secondary N) is 1. The van der Waals surface area contributed by atoms with Gasteiger partial charge in [-0.25, -0.2) is 4.68 Å². The first kappa shape index (κ1) is 17.7. The highest BCUT2D eigenvalue weighted by Crippen LogP contribution is 2.30. The molecule has 0 saturated carbocycles. The molecular weight excluding hydrogens is 335 g/mol. The van der Waals surface area contributed by atoms with Crippen molar-refractivity contribution in [2.75, 3.05) is 6.61 Å². The second-order valence-electron chi connectivity index (χ2n) is 5.42. The first-order valence-electron chi connectivity index (χ1n) is 6.62. The third-order valence-corrected chi connectivity index (χ3v) is 3.80. The van der Waals surface area contributed by atoms with E-state index in [0.29, 0.717) is 5.03 Å². The number of rotatable bonds is 5. The lowest BCUT2D eigenvalue weighted by molar-refractivity contribution is -0.153. The molecule has 0 aliphatic carbocycles. The Hall–Kier alpha value is -1.68. The van der Waals surface area contributed by atoms with Crippen LogP contribution in [0.2, 0.25) is 0 Å². The average Bonchev–Trinajstić information content (AvgIpc) is 2.77. The van der Waals surface area contributed by atoms with Gasteiger partial charge >= 0.3 is 6.18 Å². The number of halogens is 3.